The quantitative estimate of drug-likeness (QED) is 0.400. The molecule has 36 heavy (non-hydrogen) atoms. The number of piperidine rings is 1. The van der Waals surface area contributed by atoms with E-state index in [1.54, 1.807) is 10.00 Å². The molecule has 0 spiro atoms. The number of nitrogens with zero attached hydrogens (tertiary/aromatic N) is 4. The second-order valence-corrected chi connectivity index (χ2v) is 8.10. The summed E-state index contributed by atoms with van der Waals surface area (Å²) in [5, 5.41) is 4.99. The van der Waals surface area contributed by atoms with Crippen LogP contribution in [0.4, 0.5) is 32.3 Å². The minimum Gasteiger partial charge on any atom is -0.486 e. The Hall–Kier alpha value is -3.43. The molecule has 1 atom stereocenters. The van der Waals surface area contributed by atoms with Gasteiger partial charge < -0.3 is 9.64 Å². The Morgan fingerprint density at radius 1 is 1.14 bits per heavy atom. The number of nitrogens with one attached hydrogen (secondary N) is 2. The molecule has 1 aliphatic heterocycles. The number of carbonyl (C=O) groups excluding carboxylic acids is 1. The van der Waals surface area contributed by atoms with Crippen molar-refractivity contribution in [2.24, 2.45) is 5.92 Å². The zero-order valence-corrected chi connectivity index (χ0v) is 18.8. The summed E-state index contributed by atoms with van der Waals surface area (Å²) in [4.78, 5) is 37.9. The van der Waals surface area contributed by atoms with Crippen molar-refractivity contribution >= 4 is 11.9 Å². The summed E-state index contributed by atoms with van der Waals surface area (Å²) in [6, 6.07) is 0. The number of halogens is 6. The maximum Gasteiger partial charge on any atom is 0.425 e. The maximum absolute atomic E-state index is 13.1. The maximum atomic E-state index is 13.1. The van der Waals surface area contributed by atoms with Gasteiger partial charge in [0.05, 0.1) is 11.8 Å². The Kier molecular flexibility index (Phi) is 8.37. The van der Waals surface area contributed by atoms with Crippen molar-refractivity contribution in [2.45, 2.75) is 44.6 Å². The zero-order chi connectivity index (χ0) is 26.5. The van der Waals surface area contributed by atoms with E-state index in [1.165, 1.54) is 6.92 Å². The van der Waals surface area contributed by atoms with E-state index < -0.39 is 46.8 Å². The molecule has 3 heterocycles. The van der Waals surface area contributed by atoms with Gasteiger partial charge in [0.15, 0.2) is 11.3 Å². The molecule has 3 rings (SSSR count). The van der Waals surface area contributed by atoms with Crippen LogP contribution in [0.25, 0.3) is 0 Å². The SMILES string of the molecule is C[C@@H](CONC(=O)CC1CCN(c2ncc(C(F)(F)F)cn2)CC1)Oc1cn[nH]c(=O)c1C(F)(F)F. The molecule has 0 saturated carbocycles. The largest absolute Gasteiger partial charge is 0.486 e. The summed E-state index contributed by atoms with van der Waals surface area (Å²) in [6.45, 7) is 1.97. The summed E-state index contributed by atoms with van der Waals surface area (Å²) >= 11 is 0. The molecule has 0 unspecified atom stereocenters. The number of aromatic amines is 1. The van der Waals surface area contributed by atoms with Crippen molar-refractivity contribution in [1.29, 1.82) is 0 Å². The molecule has 0 radical (unpaired) electrons. The van der Waals surface area contributed by atoms with Gasteiger partial charge in [-0.3, -0.25) is 14.4 Å². The van der Waals surface area contributed by atoms with E-state index in [2.05, 4.69) is 20.5 Å². The Morgan fingerprint density at radius 3 is 2.36 bits per heavy atom. The van der Waals surface area contributed by atoms with Gasteiger partial charge in [-0.2, -0.15) is 31.4 Å². The summed E-state index contributed by atoms with van der Waals surface area (Å²) in [5.74, 6) is -1.07. The fourth-order valence-corrected chi connectivity index (χ4v) is 3.50. The smallest absolute Gasteiger partial charge is 0.425 e. The van der Waals surface area contributed by atoms with E-state index >= 15 is 0 Å². The van der Waals surface area contributed by atoms with Crippen molar-refractivity contribution in [3.63, 3.8) is 0 Å². The number of hydroxylamine groups is 1. The molecule has 198 valence electrons. The minimum absolute atomic E-state index is 0.0237. The normalized spacial score (nSPS) is 16.0. The molecule has 1 aliphatic rings. The number of hydrogen-bond acceptors (Lipinski definition) is 8. The van der Waals surface area contributed by atoms with Gasteiger partial charge in [-0.15, -0.1) is 0 Å². The van der Waals surface area contributed by atoms with E-state index in [0.717, 1.165) is 18.6 Å². The van der Waals surface area contributed by atoms with Crippen LogP contribution < -0.4 is 20.7 Å². The predicted octanol–water partition coefficient (Wildman–Crippen LogP) is 2.72. The summed E-state index contributed by atoms with van der Waals surface area (Å²) in [5.41, 5.74) is -1.71. The Balaban J connectivity index is 1.40. The average Bonchev–Trinajstić information content (AvgIpc) is 2.78. The highest BCUT2D eigenvalue weighted by molar-refractivity contribution is 5.75. The number of H-pyrrole nitrogens is 1. The fourth-order valence-electron chi connectivity index (χ4n) is 3.50. The molecular formula is C20H22F6N6O4. The topological polar surface area (TPSA) is 122 Å². The first kappa shape index (κ1) is 27.2. The minimum atomic E-state index is -4.95. The number of carbonyl (C=O) groups is 1. The standard InChI is InChI=1S/C20H22F6N6O4/c1-11(36-14-9-29-30-17(34)16(14)20(24,25)26)10-35-31-15(33)6-12-2-4-32(5-3-12)18-27-7-13(8-28-18)19(21,22)23/h7-9,11-12H,2-6,10H2,1H3,(H,30,34)(H,31,33)/t11-/m0/s1. The first-order valence-corrected chi connectivity index (χ1v) is 10.7. The van der Waals surface area contributed by atoms with Crippen LogP contribution in [0.5, 0.6) is 5.75 Å². The lowest BCUT2D eigenvalue weighted by Crippen LogP contribution is -2.37. The number of hydrogen-bond donors (Lipinski definition) is 2. The third-order valence-electron chi connectivity index (χ3n) is 5.27. The summed E-state index contributed by atoms with van der Waals surface area (Å²) in [7, 11) is 0. The van der Waals surface area contributed by atoms with Gasteiger partial charge in [-0.1, -0.05) is 0 Å². The molecule has 1 fully saturated rings. The second kappa shape index (κ2) is 11.1. The number of ether oxygens (including phenoxy) is 1. The highest BCUT2D eigenvalue weighted by Crippen LogP contribution is 2.33. The third-order valence-corrected chi connectivity index (χ3v) is 5.27. The first-order valence-electron chi connectivity index (χ1n) is 10.7. The van der Waals surface area contributed by atoms with Crippen LogP contribution in [-0.2, 0) is 22.0 Å². The van der Waals surface area contributed by atoms with Crippen molar-refractivity contribution in [3.05, 3.63) is 40.1 Å². The predicted molar refractivity (Wildman–Crippen MR) is 111 cm³/mol. The van der Waals surface area contributed by atoms with Crippen molar-refractivity contribution in [3.8, 4) is 5.75 Å². The fraction of sp³-hybridized carbons (Fsp3) is 0.550. The van der Waals surface area contributed by atoms with Crippen LogP contribution in [0.2, 0.25) is 0 Å². The van der Waals surface area contributed by atoms with E-state index in [-0.39, 0.29) is 24.9 Å². The number of aromatic nitrogens is 4. The van der Waals surface area contributed by atoms with E-state index in [9.17, 15) is 35.9 Å². The van der Waals surface area contributed by atoms with Gasteiger partial charge in [-0.25, -0.2) is 20.5 Å². The van der Waals surface area contributed by atoms with Crippen LogP contribution in [0.3, 0.4) is 0 Å². The molecule has 2 aromatic rings. The Bertz CT molecular complexity index is 1080. The van der Waals surface area contributed by atoms with Crippen LogP contribution in [0, 0.1) is 5.92 Å². The third kappa shape index (κ3) is 7.29. The molecule has 2 N–H and O–H groups in total. The van der Waals surface area contributed by atoms with Gasteiger partial charge in [-0.05, 0) is 25.7 Å². The van der Waals surface area contributed by atoms with E-state index in [4.69, 9.17) is 9.57 Å². The van der Waals surface area contributed by atoms with Crippen LogP contribution in [0.15, 0.2) is 23.4 Å². The van der Waals surface area contributed by atoms with Gasteiger partial charge in [0.1, 0.15) is 12.7 Å². The molecule has 1 amide bonds. The van der Waals surface area contributed by atoms with Crippen LogP contribution in [0.1, 0.15) is 37.3 Å². The van der Waals surface area contributed by atoms with Gasteiger partial charge in [0.25, 0.3) is 5.56 Å². The van der Waals surface area contributed by atoms with E-state index in [0.29, 0.717) is 25.9 Å². The summed E-state index contributed by atoms with van der Waals surface area (Å²) < 4.78 is 82.2. The lowest BCUT2D eigenvalue weighted by molar-refractivity contribution is -0.141. The molecule has 10 nitrogen and oxygen atoms in total. The molecule has 2 aromatic heterocycles. The molecule has 0 bridgehead atoms. The Labute approximate surface area is 200 Å². The van der Waals surface area contributed by atoms with Crippen molar-refractivity contribution in [1.82, 2.24) is 25.6 Å². The summed E-state index contributed by atoms with van der Waals surface area (Å²) in [6.07, 6.45) is -7.03. The molecule has 0 aliphatic carbocycles. The van der Waals surface area contributed by atoms with Crippen LogP contribution >= 0.6 is 0 Å². The zero-order valence-electron chi connectivity index (χ0n) is 18.8. The molecule has 1 saturated heterocycles. The monoisotopic (exact) mass is 524 g/mol. The number of alkyl halides is 6. The van der Waals surface area contributed by atoms with Gasteiger partial charge in [0.2, 0.25) is 11.9 Å². The lowest BCUT2D eigenvalue weighted by Gasteiger charge is -2.31. The van der Waals surface area contributed by atoms with Crippen LogP contribution in [-0.4, -0.2) is 51.9 Å². The number of rotatable bonds is 8. The molecule has 0 aromatic carbocycles. The van der Waals surface area contributed by atoms with E-state index in [1.807, 2.05) is 0 Å². The highest BCUT2D eigenvalue weighted by Gasteiger charge is 2.38. The Morgan fingerprint density at radius 2 is 1.78 bits per heavy atom. The second-order valence-electron chi connectivity index (χ2n) is 8.10. The number of anilines is 1. The van der Waals surface area contributed by atoms with Crippen molar-refractivity contribution in [2.75, 3.05) is 24.6 Å². The highest BCUT2D eigenvalue weighted by atomic mass is 19.4. The average molecular weight is 524 g/mol. The molecule has 16 heteroatoms. The lowest BCUT2D eigenvalue weighted by atomic mass is 9.93. The number of amides is 1. The molecular weight excluding hydrogens is 502 g/mol. The first-order chi connectivity index (χ1) is 16.8. The van der Waals surface area contributed by atoms with Crippen molar-refractivity contribution < 1.29 is 40.7 Å². The van der Waals surface area contributed by atoms with Gasteiger partial charge in [0, 0.05) is 31.9 Å². The van der Waals surface area contributed by atoms with Gasteiger partial charge >= 0.3 is 12.4 Å².